The fourth-order valence-electron chi connectivity index (χ4n) is 3.31. The van der Waals surface area contributed by atoms with Gasteiger partial charge in [0.05, 0.1) is 13.1 Å². The Morgan fingerprint density at radius 2 is 1.87 bits per heavy atom. The number of nitrogens with one attached hydrogen (secondary N) is 2. The van der Waals surface area contributed by atoms with Gasteiger partial charge in [-0.2, -0.15) is 0 Å². The van der Waals surface area contributed by atoms with E-state index < -0.39 is 0 Å². The molecule has 1 saturated heterocycles. The fourth-order valence-corrected chi connectivity index (χ4v) is 3.31. The molecule has 23 heavy (non-hydrogen) atoms. The summed E-state index contributed by atoms with van der Waals surface area (Å²) < 4.78 is 0. The summed E-state index contributed by atoms with van der Waals surface area (Å²) in [5.74, 6) is 2.34. The molecule has 4 rings (SSSR count). The van der Waals surface area contributed by atoms with E-state index in [0.717, 1.165) is 47.0 Å². The monoisotopic (exact) mass is 309 g/mol. The predicted molar refractivity (Wildman–Crippen MR) is 90.6 cm³/mol. The fraction of sp³-hybridized carbons (Fsp3) is 0.333. The smallest absolute Gasteiger partial charge is 0.249 e. The van der Waals surface area contributed by atoms with Crippen molar-refractivity contribution in [2.24, 2.45) is 0 Å². The minimum absolute atomic E-state index is 0.279. The van der Waals surface area contributed by atoms with Gasteiger partial charge in [0.15, 0.2) is 11.0 Å². The molecule has 0 unspecified atom stereocenters. The number of fused-ring (bicyclic) bond motifs is 1. The molecule has 5 heteroatoms. The van der Waals surface area contributed by atoms with Crippen molar-refractivity contribution in [2.75, 3.05) is 18.0 Å². The van der Waals surface area contributed by atoms with Crippen LogP contribution < -0.4 is 9.88 Å². The van der Waals surface area contributed by atoms with Crippen LogP contribution in [-0.4, -0.2) is 28.2 Å². The second-order valence-electron chi connectivity index (χ2n) is 6.21. The molecule has 0 bridgehead atoms. The average molecular weight is 309 g/mol. The van der Waals surface area contributed by atoms with Crippen LogP contribution in [0.1, 0.15) is 25.1 Å². The first kappa shape index (κ1) is 14.1. The summed E-state index contributed by atoms with van der Waals surface area (Å²) in [6, 6.07) is 9.32. The van der Waals surface area contributed by atoms with Gasteiger partial charge in [-0.05, 0) is 49.1 Å². The minimum atomic E-state index is 0.279. The summed E-state index contributed by atoms with van der Waals surface area (Å²) in [4.78, 5) is 14.0. The van der Waals surface area contributed by atoms with Gasteiger partial charge in [0, 0.05) is 18.7 Å². The van der Waals surface area contributed by atoms with Gasteiger partial charge < -0.3 is 10.1 Å². The molecule has 5 nitrogen and oxygen atoms in total. The van der Waals surface area contributed by atoms with E-state index in [1.807, 2.05) is 19.1 Å². The van der Waals surface area contributed by atoms with E-state index in [2.05, 4.69) is 25.9 Å². The van der Waals surface area contributed by atoms with Crippen LogP contribution in [0, 0.1) is 6.92 Å². The standard InChI is InChI=1S/C18H20N4O/c1-12-19-16-11-15(13-5-7-14(23)8-6-13)21-17(16)18(20-12)22-9-3-2-4-10-22/h5-8,11,21,23H,2-4,9-10H2,1H3/p+1. The highest BCUT2D eigenvalue weighted by atomic mass is 16.3. The number of phenols is 1. The van der Waals surface area contributed by atoms with E-state index in [9.17, 15) is 5.11 Å². The maximum absolute atomic E-state index is 9.46. The number of rotatable bonds is 2. The second kappa shape index (κ2) is 5.57. The second-order valence-corrected chi connectivity index (χ2v) is 6.21. The highest BCUT2D eigenvalue weighted by molar-refractivity contribution is 5.89. The van der Waals surface area contributed by atoms with Crippen molar-refractivity contribution in [3.05, 3.63) is 36.2 Å². The Kier molecular flexibility index (Phi) is 3.41. The first-order valence-corrected chi connectivity index (χ1v) is 8.18. The summed E-state index contributed by atoms with van der Waals surface area (Å²) in [5, 5.41) is 9.46. The molecule has 0 radical (unpaired) electrons. The highest BCUT2D eigenvalue weighted by Crippen LogP contribution is 2.29. The van der Waals surface area contributed by atoms with E-state index in [4.69, 9.17) is 0 Å². The lowest BCUT2D eigenvalue weighted by atomic mass is 10.1. The number of H-pyrrole nitrogens is 2. The predicted octanol–water partition coefficient (Wildman–Crippen LogP) is 3.05. The maximum Gasteiger partial charge on any atom is 0.249 e. The molecule has 3 heterocycles. The molecular formula is C18H21N4O+. The van der Waals surface area contributed by atoms with Gasteiger partial charge in [0.1, 0.15) is 5.75 Å². The zero-order valence-electron chi connectivity index (χ0n) is 13.3. The number of aromatic nitrogens is 3. The molecule has 0 aliphatic carbocycles. The number of phenolic OH excluding ortho intramolecular Hbond substituents is 1. The Morgan fingerprint density at radius 1 is 1.13 bits per heavy atom. The number of hydrogen-bond donors (Lipinski definition) is 2. The zero-order chi connectivity index (χ0) is 15.8. The van der Waals surface area contributed by atoms with Crippen molar-refractivity contribution in [2.45, 2.75) is 26.2 Å². The third-order valence-corrected chi connectivity index (χ3v) is 4.47. The number of aryl methyl sites for hydroxylation is 1. The maximum atomic E-state index is 9.46. The molecule has 3 N–H and O–H groups in total. The van der Waals surface area contributed by atoms with Crippen LogP contribution in [0.2, 0.25) is 0 Å². The molecule has 0 atom stereocenters. The number of nitrogens with zero attached hydrogens (tertiary/aromatic N) is 2. The number of aromatic amines is 2. The normalized spacial score (nSPS) is 15.3. The van der Waals surface area contributed by atoms with Crippen LogP contribution in [0.25, 0.3) is 22.3 Å². The summed E-state index contributed by atoms with van der Waals surface area (Å²) in [6.07, 6.45) is 3.79. The molecule has 1 aliphatic heterocycles. The Balaban J connectivity index is 1.82. The van der Waals surface area contributed by atoms with Gasteiger partial charge in [-0.25, -0.2) is 4.98 Å². The quantitative estimate of drug-likeness (QED) is 0.764. The van der Waals surface area contributed by atoms with Crippen LogP contribution in [0.15, 0.2) is 30.3 Å². The third-order valence-electron chi connectivity index (χ3n) is 4.47. The number of aromatic hydroxyl groups is 1. The molecule has 0 amide bonds. The first-order chi connectivity index (χ1) is 11.2. The minimum Gasteiger partial charge on any atom is -0.508 e. The number of hydrogen-bond acceptors (Lipinski definition) is 3. The molecule has 3 aromatic rings. The van der Waals surface area contributed by atoms with Crippen molar-refractivity contribution >= 4 is 16.9 Å². The Labute approximate surface area is 135 Å². The van der Waals surface area contributed by atoms with Crippen molar-refractivity contribution in [1.29, 1.82) is 0 Å². The number of piperidine rings is 1. The molecular weight excluding hydrogens is 288 g/mol. The van der Waals surface area contributed by atoms with E-state index >= 15 is 0 Å². The zero-order valence-corrected chi connectivity index (χ0v) is 13.3. The number of benzene rings is 1. The molecule has 0 spiro atoms. The number of anilines is 1. The Hall–Kier alpha value is -2.56. The van der Waals surface area contributed by atoms with E-state index in [1.165, 1.54) is 19.3 Å². The van der Waals surface area contributed by atoms with Crippen LogP contribution in [0.3, 0.4) is 0 Å². The van der Waals surface area contributed by atoms with Crippen LogP contribution in [-0.2, 0) is 0 Å². The lowest BCUT2D eigenvalue weighted by Gasteiger charge is -2.23. The molecule has 1 aromatic carbocycles. The largest absolute Gasteiger partial charge is 0.508 e. The Morgan fingerprint density at radius 3 is 2.61 bits per heavy atom. The average Bonchev–Trinajstić information content (AvgIpc) is 2.99. The van der Waals surface area contributed by atoms with E-state index in [-0.39, 0.29) is 5.75 Å². The lowest BCUT2D eigenvalue weighted by molar-refractivity contribution is -0.377. The summed E-state index contributed by atoms with van der Waals surface area (Å²) in [5.41, 5.74) is 4.10. The Bertz CT molecular complexity index is 832. The van der Waals surface area contributed by atoms with Crippen LogP contribution >= 0.6 is 0 Å². The van der Waals surface area contributed by atoms with Gasteiger partial charge in [-0.15, -0.1) is 4.98 Å². The van der Waals surface area contributed by atoms with Crippen molar-refractivity contribution < 1.29 is 10.1 Å². The molecule has 0 saturated carbocycles. The summed E-state index contributed by atoms with van der Waals surface area (Å²) in [6.45, 7) is 4.17. The van der Waals surface area contributed by atoms with Crippen LogP contribution in [0.4, 0.5) is 5.82 Å². The van der Waals surface area contributed by atoms with Gasteiger partial charge in [0.25, 0.3) is 0 Å². The first-order valence-electron chi connectivity index (χ1n) is 8.18. The van der Waals surface area contributed by atoms with Crippen molar-refractivity contribution in [1.82, 2.24) is 9.97 Å². The summed E-state index contributed by atoms with van der Waals surface area (Å²) >= 11 is 0. The third kappa shape index (κ3) is 2.63. The lowest BCUT2D eigenvalue weighted by Crippen LogP contribution is -2.35. The molecule has 1 fully saturated rings. The van der Waals surface area contributed by atoms with Gasteiger partial charge >= 0.3 is 0 Å². The summed E-state index contributed by atoms with van der Waals surface area (Å²) in [7, 11) is 0. The van der Waals surface area contributed by atoms with Crippen molar-refractivity contribution in [3.8, 4) is 17.0 Å². The van der Waals surface area contributed by atoms with E-state index in [1.54, 1.807) is 12.1 Å². The van der Waals surface area contributed by atoms with Crippen molar-refractivity contribution in [3.63, 3.8) is 0 Å². The van der Waals surface area contributed by atoms with E-state index in [0.29, 0.717) is 0 Å². The molecule has 2 aromatic heterocycles. The molecule has 118 valence electrons. The molecule has 1 aliphatic rings. The highest BCUT2D eigenvalue weighted by Gasteiger charge is 2.23. The SMILES string of the molecule is Cc1nc2cc(-c3ccc(O)cc3)[nH]c2c(N2CCCCC2)[nH+]1. The van der Waals surface area contributed by atoms with Gasteiger partial charge in [-0.3, -0.25) is 4.90 Å². The van der Waals surface area contributed by atoms with Gasteiger partial charge in [0.2, 0.25) is 11.6 Å². The van der Waals surface area contributed by atoms with Gasteiger partial charge in [-0.1, -0.05) is 0 Å². The van der Waals surface area contributed by atoms with Crippen LogP contribution in [0.5, 0.6) is 5.75 Å². The topological polar surface area (TPSA) is 66.3 Å².